The molecule has 0 aromatic carbocycles. The Hall–Kier alpha value is -2.18. The van der Waals surface area contributed by atoms with Gasteiger partial charge in [0, 0.05) is 23.2 Å². The molecule has 1 rings (SSSR count). The Morgan fingerprint density at radius 1 is 1.62 bits per heavy atom. The Balaban J connectivity index is 2.89. The lowest BCUT2D eigenvalue weighted by Crippen LogP contribution is -2.48. The van der Waals surface area contributed by atoms with E-state index in [1.54, 1.807) is 13.8 Å². The molecular formula is C13H18FN5O2. The van der Waals surface area contributed by atoms with E-state index in [9.17, 15) is 9.18 Å². The third kappa shape index (κ3) is 4.70. The van der Waals surface area contributed by atoms with Crippen LogP contribution in [0.25, 0.3) is 10.4 Å². The molecule has 1 aromatic heterocycles. The van der Waals surface area contributed by atoms with Crippen molar-refractivity contribution in [3.05, 3.63) is 40.3 Å². The molecule has 0 bridgehead atoms. The average molecular weight is 295 g/mol. The molecule has 0 aliphatic heterocycles. The molecule has 0 amide bonds. The first-order valence-electron chi connectivity index (χ1n) is 6.58. The maximum Gasteiger partial charge on any atom is 0.330 e. The summed E-state index contributed by atoms with van der Waals surface area (Å²) in [6.07, 6.45) is 3.03. The fraction of sp³-hybridized carbons (Fsp3) is 0.538. The van der Waals surface area contributed by atoms with Crippen molar-refractivity contribution in [2.45, 2.75) is 25.8 Å². The van der Waals surface area contributed by atoms with Crippen LogP contribution in [0.4, 0.5) is 4.39 Å². The van der Waals surface area contributed by atoms with Gasteiger partial charge in [0.15, 0.2) is 0 Å². The van der Waals surface area contributed by atoms with Crippen LogP contribution < -0.4 is 5.32 Å². The van der Waals surface area contributed by atoms with Crippen LogP contribution in [0, 0.1) is 5.82 Å². The van der Waals surface area contributed by atoms with Crippen molar-refractivity contribution < 1.29 is 13.9 Å². The number of ether oxygens (including phenoxy) is 1. The van der Waals surface area contributed by atoms with Crippen molar-refractivity contribution in [1.29, 1.82) is 0 Å². The first kappa shape index (κ1) is 16.9. The van der Waals surface area contributed by atoms with E-state index in [1.807, 2.05) is 0 Å². The summed E-state index contributed by atoms with van der Waals surface area (Å²) in [6, 6.07) is 1.24. The lowest BCUT2D eigenvalue weighted by atomic mass is 9.93. The maximum atomic E-state index is 13.3. The van der Waals surface area contributed by atoms with Gasteiger partial charge < -0.3 is 4.74 Å². The molecule has 1 N–H and O–H groups in total. The maximum absolute atomic E-state index is 13.3. The number of carbonyl (C=O) groups excluding carboxylic acids is 1. The number of carbonyl (C=O) groups is 1. The highest BCUT2D eigenvalue weighted by molar-refractivity contribution is 5.82. The number of nitrogens with one attached hydrogen (secondary N) is 1. The first-order valence-corrected chi connectivity index (χ1v) is 6.58. The summed E-state index contributed by atoms with van der Waals surface area (Å²) >= 11 is 0. The Morgan fingerprint density at radius 3 is 3.00 bits per heavy atom. The van der Waals surface area contributed by atoms with Gasteiger partial charge in [-0.15, -0.1) is 0 Å². The lowest BCUT2D eigenvalue weighted by molar-refractivity contribution is -0.151. The predicted molar refractivity (Wildman–Crippen MR) is 74.8 cm³/mol. The van der Waals surface area contributed by atoms with Gasteiger partial charge in [0.1, 0.15) is 11.4 Å². The zero-order valence-corrected chi connectivity index (χ0v) is 12.0. The first-order chi connectivity index (χ1) is 10.0. The number of aromatic nitrogens is 1. The van der Waals surface area contributed by atoms with E-state index in [4.69, 9.17) is 10.3 Å². The fourth-order valence-corrected chi connectivity index (χ4v) is 1.79. The normalized spacial score (nSPS) is 13.1. The SMILES string of the molecule is CCOC(=O)C(C)(NCCCN=[N+]=[N-])c1cncc(F)c1. The molecule has 0 aliphatic rings. The van der Waals surface area contributed by atoms with Crippen LogP contribution in [0.1, 0.15) is 25.8 Å². The zero-order valence-electron chi connectivity index (χ0n) is 12.0. The fourth-order valence-electron chi connectivity index (χ4n) is 1.79. The standard InChI is InChI=1S/C13H18FN5O2/c1-3-21-12(20)13(2,17-5-4-6-18-19-15)10-7-11(14)9-16-8-10/h7-9,17H,3-6H2,1-2H3. The topological polar surface area (TPSA) is 100.0 Å². The van der Waals surface area contributed by atoms with E-state index in [-0.39, 0.29) is 6.61 Å². The molecule has 1 unspecified atom stereocenters. The van der Waals surface area contributed by atoms with Crippen LogP contribution in [-0.4, -0.2) is 30.6 Å². The number of rotatable bonds is 8. The van der Waals surface area contributed by atoms with Gasteiger partial charge in [-0.3, -0.25) is 10.3 Å². The summed E-state index contributed by atoms with van der Waals surface area (Å²) in [6.45, 7) is 4.24. The third-order valence-corrected chi connectivity index (χ3v) is 2.94. The highest BCUT2D eigenvalue weighted by Crippen LogP contribution is 2.22. The van der Waals surface area contributed by atoms with E-state index >= 15 is 0 Å². The van der Waals surface area contributed by atoms with Gasteiger partial charge in [-0.25, -0.2) is 9.18 Å². The Morgan fingerprint density at radius 2 is 2.38 bits per heavy atom. The van der Waals surface area contributed by atoms with Crippen LogP contribution in [0.5, 0.6) is 0 Å². The molecular weight excluding hydrogens is 277 g/mol. The van der Waals surface area contributed by atoms with Crippen molar-refractivity contribution in [3.63, 3.8) is 0 Å². The monoisotopic (exact) mass is 295 g/mol. The number of hydrogen-bond acceptors (Lipinski definition) is 5. The summed E-state index contributed by atoms with van der Waals surface area (Å²) in [5, 5.41) is 6.43. The largest absolute Gasteiger partial charge is 0.464 e. The second-order valence-electron chi connectivity index (χ2n) is 4.47. The number of hydrogen-bond donors (Lipinski definition) is 1. The van der Waals surface area contributed by atoms with Crippen molar-refractivity contribution in [1.82, 2.24) is 10.3 Å². The Bertz CT molecular complexity index is 533. The highest BCUT2D eigenvalue weighted by Gasteiger charge is 2.36. The van der Waals surface area contributed by atoms with Gasteiger partial charge >= 0.3 is 5.97 Å². The molecule has 1 atom stereocenters. The number of azide groups is 1. The molecule has 7 nitrogen and oxygen atoms in total. The smallest absolute Gasteiger partial charge is 0.330 e. The van der Waals surface area contributed by atoms with Crippen molar-refractivity contribution >= 4 is 5.97 Å². The summed E-state index contributed by atoms with van der Waals surface area (Å²) in [7, 11) is 0. The van der Waals surface area contributed by atoms with Gasteiger partial charge in [-0.05, 0) is 38.4 Å². The van der Waals surface area contributed by atoms with E-state index in [0.717, 1.165) is 6.20 Å². The molecule has 0 saturated heterocycles. The summed E-state index contributed by atoms with van der Waals surface area (Å²) in [4.78, 5) is 18.6. The summed E-state index contributed by atoms with van der Waals surface area (Å²) in [5.41, 5.74) is 7.38. The minimum absolute atomic E-state index is 0.220. The number of halogens is 1. The third-order valence-electron chi connectivity index (χ3n) is 2.94. The van der Waals surface area contributed by atoms with Crippen molar-refractivity contribution in [3.8, 4) is 0 Å². The van der Waals surface area contributed by atoms with E-state index < -0.39 is 17.3 Å². The predicted octanol–water partition coefficient (Wildman–Crippen LogP) is 2.29. The van der Waals surface area contributed by atoms with E-state index in [2.05, 4.69) is 20.3 Å². The molecule has 0 saturated carbocycles. The number of nitrogens with zero attached hydrogens (tertiary/aromatic N) is 4. The molecule has 21 heavy (non-hydrogen) atoms. The van der Waals surface area contributed by atoms with Crippen LogP contribution in [-0.2, 0) is 15.1 Å². The number of pyridine rings is 1. The summed E-state index contributed by atoms with van der Waals surface area (Å²) in [5.74, 6) is -1.04. The summed E-state index contributed by atoms with van der Waals surface area (Å²) < 4.78 is 18.4. The molecule has 0 radical (unpaired) electrons. The lowest BCUT2D eigenvalue weighted by Gasteiger charge is -2.28. The van der Waals surface area contributed by atoms with E-state index in [1.165, 1.54) is 12.3 Å². The van der Waals surface area contributed by atoms with Gasteiger partial charge in [-0.1, -0.05) is 5.11 Å². The van der Waals surface area contributed by atoms with Gasteiger partial charge in [0.05, 0.1) is 12.8 Å². The Labute approximate surface area is 122 Å². The second-order valence-corrected chi connectivity index (χ2v) is 4.47. The Kier molecular flexibility index (Phi) is 6.58. The number of esters is 1. The second kappa shape index (κ2) is 8.18. The molecule has 1 heterocycles. The van der Waals surface area contributed by atoms with Gasteiger partial charge in [-0.2, -0.15) is 0 Å². The minimum atomic E-state index is -1.21. The molecule has 114 valence electrons. The van der Waals surface area contributed by atoms with Crippen LogP contribution in [0.15, 0.2) is 23.6 Å². The van der Waals surface area contributed by atoms with Crippen LogP contribution in [0.3, 0.4) is 0 Å². The minimum Gasteiger partial charge on any atom is -0.464 e. The van der Waals surface area contributed by atoms with Crippen LogP contribution >= 0.6 is 0 Å². The van der Waals surface area contributed by atoms with Crippen molar-refractivity contribution in [2.24, 2.45) is 5.11 Å². The van der Waals surface area contributed by atoms with Crippen molar-refractivity contribution in [2.75, 3.05) is 19.7 Å². The average Bonchev–Trinajstić information content (AvgIpc) is 2.47. The molecule has 0 aliphatic carbocycles. The van der Waals surface area contributed by atoms with Gasteiger partial charge in [0.2, 0.25) is 0 Å². The van der Waals surface area contributed by atoms with Gasteiger partial charge in [0.25, 0.3) is 0 Å². The van der Waals surface area contributed by atoms with Crippen LogP contribution in [0.2, 0.25) is 0 Å². The molecule has 0 spiro atoms. The molecule has 1 aromatic rings. The zero-order chi connectivity index (χ0) is 15.7. The molecule has 8 heteroatoms. The van der Waals surface area contributed by atoms with E-state index in [0.29, 0.717) is 25.1 Å². The molecule has 0 fully saturated rings. The highest BCUT2D eigenvalue weighted by atomic mass is 19.1. The quantitative estimate of drug-likeness (QED) is 0.261.